The highest BCUT2D eigenvalue weighted by molar-refractivity contribution is 5.96. The quantitative estimate of drug-likeness (QED) is 0.779. The van der Waals surface area contributed by atoms with E-state index in [1.54, 1.807) is 0 Å². The Morgan fingerprint density at radius 1 is 1.15 bits per heavy atom. The Morgan fingerprint density at radius 2 is 1.90 bits per heavy atom. The van der Waals surface area contributed by atoms with Gasteiger partial charge in [-0.05, 0) is 44.0 Å². The lowest BCUT2D eigenvalue weighted by atomic mass is 10.1. The third-order valence-electron chi connectivity index (χ3n) is 3.21. The maximum atomic E-state index is 13.3. The molecule has 3 heteroatoms. The van der Waals surface area contributed by atoms with Gasteiger partial charge in [-0.15, -0.1) is 0 Å². The zero-order valence-corrected chi connectivity index (χ0v) is 11.9. The summed E-state index contributed by atoms with van der Waals surface area (Å²) in [7, 11) is 0. The van der Waals surface area contributed by atoms with Crippen LogP contribution in [-0.2, 0) is 6.61 Å². The molecular formula is C17H17FO2. The molecule has 0 bridgehead atoms. The second kappa shape index (κ2) is 5.87. The smallest absolute Gasteiger partial charge is 0.163 e. The van der Waals surface area contributed by atoms with E-state index in [1.165, 1.54) is 25.1 Å². The average Bonchev–Trinajstić information content (AvgIpc) is 2.39. The van der Waals surface area contributed by atoms with E-state index in [9.17, 15) is 9.18 Å². The lowest BCUT2D eigenvalue weighted by Crippen LogP contribution is -2.03. The molecule has 0 radical (unpaired) electrons. The largest absolute Gasteiger partial charge is 0.488 e. The first-order valence-corrected chi connectivity index (χ1v) is 6.47. The van der Waals surface area contributed by atoms with Gasteiger partial charge in [0.05, 0.1) is 5.56 Å². The highest BCUT2D eigenvalue weighted by Crippen LogP contribution is 2.22. The van der Waals surface area contributed by atoms with Gasteiger partial charge in [0.25, 0.3) is 0 Å². The topological polar surface area (TPSA) is 26.3 Å². The minimum absolute atomic E-state index is 0.138. The molecule has 0 saturated heterocycles. The minimum atomic E-state index is -0.411. The maximum Gasteiger partial charge on any atom is 0.163 e. The molecule has 0 unspecified atom stereocenters. The van der Waals surface area contributed by atoms with Crippen LogP contribution in [0.3, 0.4) is 0 Å². The van der Waals surface area contributed by atoms with Crippen molar-refractivity contribution in [3.63, 3.8) is 0 Å². The summed E-state index contributed by atoms with van der Waals surface area (Å²) in [4.78, 5) is 11.5. The van der Waals surface area contributed by atoms with Gasteiger partial charge in [0.1, 0.15) is 18.2 Å². The van der Waals surface area contributed by atoms with E-state index in [0.717, 1.165) is 16.7 Å². The van der Waals surface area contributed by atoms with Gasteiger partial charge in [-0.3, -0.25) is 4.79 Å². The number of ether oxygens (including phenoxy) is 1. The SMILES string of the molecule is CC(=O)c1ccc(F)cc1OCc1cc(C)ccc1C. The van der Waals surface area contributed by atoms with Gasteiger partial charge in [-0.2, -0.15) is 0 Å². The maximum absolute atomic E-state index is 13.3. The molecule has 2 rings (SSSR count). The third kappa shape index (κ3) is 3.23. The number of Topliss-reactive ketones (excluding diaryl/α,β-unsaturated/α-hetero) is 1. The molecule has 0 aliphatic rings. The summed E-state index contributed by atoms with van der Waals surface area (Å²) >= 11 is 0. The molecule has 0 N–H and O–H groups in total. The highest BCUT2D eigenvalue weighted by Gasteiger charge is 2.10. The molecule has 0 aromatic heterocycles. The molecule has 104 valence electrons. The van der Waals surface area contributed by atoms with E-state index in [0.29, 0.717) is 17.9 Å². The van der Waals surface area contributed by atoms with Crippen LogP contribution in [0.25, 0.3) is 0 Å². The monoisotopic (exact) mass is 272 g/mol. The standard InChI is InChI=1S/C17H17FO2/c1-11-4-5-12(2)14(8-11)10-20-17-9-15(18)6-7-16(17)13(3)19/h4-9H,10H2,1-3H3. The highest BCUT2D eigenvalue weighted by atomic mass is 19.1. The Morgan fingerprint density at radius 3 is 2.60 bits per heavy atom. The van der Waals surface area contributed by atoms with E-state index in [1.807, 2.05) is 32.0 Å². The van der Waals surface area contributed by atoms with Crippen molar-refractivity contribution in [1.82, 2.24) is 0 Å². The zero-order chi connectivity index (χ0) is 14.7. The fourth-order valence-electron chi connectivity index (χ4n) is 2.02. The van der Waals surface area contributed by atoms with Crippen molar-refractivity contribution in [2.24, 2.45) is 0 Å². The van der Waals surface area contributed by atoms with Crippen molar-refractivity contribution in [1.29, 1.82) is 0 Å². The van der Waals surface area contributed by atoms with Crippen LogP contribution in [0.4, 0.5) is 4.39 Å². The Labute approximate surface area is 118 Å². The van der Waals surface area contributed by atoms with Crippen molar-refractivity contribution < 1.29 is 13.9 Å². The van der Waals surface area contributed by atoms with Gasteiger partial charge in [0.2, 0.25) is 0 Å². The van der Waals surface area contributed by atoms with Crippen LogP contribution in [-0.4, -0.2) is 5.78 Å². The fraction of sp³-hybridized carbons (Fsp3) is 0.235. The Balaban J connectivity index is 2.24. The molecule has 0 spiro atoms. The van der Waals surface area contributed by atoms with E-state index in [-0.39, 0.29) is 5.78 Å². The molecule has 0 aliphatic carbocycles. The summed E-state index contributed by atoms with van der Waals surface area (Å²) in [6.07, 6.45) is 0. The van der Waals surface area contributed by atoms with Crippen LogP contribution in [0.5, 0.6) is 5.75 Å². The first-order chi connectivity index (χ1) is 9.47. The molecule has 2 aromatic carbocycles. The first-order valence-electron chi connectivity index (χ1n) is 6.47. The van der Waals surface area contributed by atoms with Crippen molar-refractivity contribution in [2.45, 2.75) is 27.4 Å². The van der Waals surface area contributed by atoms with E-state index in [4.69, 9.17) is 4.74 Å². The summed E-state index contributed by atoms with van der Waals surface area (Å²) in [6, 6.07) is 10.1. The number of ketones is 1. The molecule has 0 aliphatic heterocycles. The molecule has 0 fully saturated rings. The predicted octanol–water partition coefficient (Wildman–Crippen LogP) is 4.22. The Bertz CT molecular complexity index is 647. The first kappa shape index (κ1) is 14.3. The van der Waals surface area contributed by atoms with Crippen LogP contribution < -0.4 is 4.74 Å². The molecular weight excluding hydrogens is 255 g/mol. The van der Waals surface area contributed by atoms with Crippen LogP contribution in [0.15, 0.2) is 36.4 Å². The van der Waals surface area contributed by atoms with E-state index < -0.39 is 5.82 Å². The molecule has 0 atom stereocenters. The van der Waals surface area contributed by atoms with Crippen molar-refractivity contribution in [2.75, 3.05) is 0 Å². The summed E-state index contributed by atoms with van der Waals surface area (Å²) in [6.45, 7) is 5.76. The normalized spacial score (nSPS) is 10.4. The molecule has 20 heavy (non-hydrogen) atoms. The van der Waals surface area contributed by atoms with Crippen LogP contribution in [0, 0.1) is 19.7 Å². The summed E-state index contributed by atoms with van der Waals surface area (Å²) < 4.78 is 18.9. The van der Waals surface area contributed by atoms with Gasteiger partial charge >= 0.3 is 0 Å². The number of benzene rings is 2. The number of rotatable bonds is 4. The Kier molecular flexibility index (Phi) is 4.18. The van der Waals surface area contributed by atoms with Crippen LogP contribution in [0.2, 0.25) is 0 Å². The van der Waals surface area contributed by atoms with Gasteiger partial charge < -0.3 is 4.74 Å². The molecule has 2 nitrogen and oxygen atoms in total. The van der Waals surface area contributed by atoms with Gasteiger partial charge in [0, 0.05) is 6.07 Å². The molecule has 0 heterocycles. The number of carbonyl (C=O) groups excluding carboxylic acids is 1. The van der Waals surface area contributed by atoms with E-state index in [2.05, 4.69) is 0 Å². The van der Waals surface area contributed by atoms with Crippen molar-refractivity contribution >= 4 is 5.78 Å². The van der Waals surface area contributed by atoms with E-state index >= 15 is 0 Å². The number of aryl methyl sites for hydroxylation is 2. The molecule has 2 aromatic rings. The third-order valence-corrected chi connectivity index (χ3v) is 3.21. The summed E-state index contributed by atoms with van der Waals surface area (Å²) in [5.74, 6) is -0.259. The summed E-state index contributed by atoms with van der Waals surface area (Å²) in [5, 5.41) is 0. The van der Waals surface area contributed by atoms with Crippen LogP contribution >= 0.6 is 0 Å². The number of hydrogen-bond donors (Lipinski definition) is 0. The summed E-state index contributed by atoms with van der Waals surface area (Å²) in [5.41, 5.74) is 3.68. The Hall–Kier alpha value is -2.16. The fourth-order valence-corrected chi connectivity index (χ4v) is 2.02. The van der Waals surface area contributed by atoms with Crippen molar-refractivity contribution in [3.8, 4) is 5.75 Å². The second-order valence-corrected chi connectivity index (χ2v) is 4.92. The van der Waals surface area contributed by atoms with Gasteiger partial charge in [-0.1, -0.05) is 23.8 Å². The molecule has 0 amide bonds. The van der Waals surface area contributed by atoms with Crippen molar-refractivity contribution in [3.05, 3.63) is 64.5 Å². The number of carbonyl (C=O) groups is 1. The minimum Gasteiger partial charge on any atom is -0.488 e. The lowest BCUT2D eigenvalue weighted by molar-refractivity contribution is 0.101. The van der Waals surface area contributed by atoms with Crippen LogP contribution in [0.1, 0.15) is 34.0 Å². The number of hydrogen-bond acceptors (Lipinski definition) is 2. The second-order valence-electron chi connectivity index (χ2n) is 4.92. The average molecular weight is 272 g/mol. The predicted molar refractivity (Wildman–Crippen MR) is 76.7 cm³/mol. The van der Waals surface area contributed by atoms with Gasteiger partial charge in [0.15, 0.2) is 5.78 Å². The number of halogens is 1. The molecule has 0 saturated carbocycles. The van der Waals surface area contributed by atoms with Gasteiger partial charge in [-0.25, -0.2) is 4.39 Å². The lowest BCUT2D eigenvalue weighted by Gasteiger charge is -2.12. The zero-order valence-electron chi connectivity index (χ0n) is 11.9.